The number of hydrogen-bond acceptors (Lipinski definition) is 6. The Labute approximate surface area is 250 Å². The molecule has 0 spiro atoms. The van der Waals surface area contributed by atoms with Gasteiger partial charge in [0.05, 0.1) is 20.8 Å². The summed E-state index contributed by atoms with van der Waals surface area (Å²) in [5, 5.41) is 15.8. The number of methoxy groups -OCH3 is 2. The maximum Gasteiger partial charge on any atom is 0.490 e. The van der Waals surface area contributed by atoms with Crippen LogP contribution in [-0.2, 0) is 15.0 Å². The molecule has 0 aromatic heterocycles. The summed E-state index contributed by atoms with van der Waals surface area (Å²) in [7, 11) is 3.20. The number of likely N-dealkylation sites (tertiary alicyclic amines) is 1. The fraction of sp³-hybridized carbons (Fsp3) is 0.483. The van der Waals surface area contributed by atoms with Crippen molar-refractivity contribution in [3.05, 3.63) is 53.6 Å². The summed E-state index contributed by atoms with van der Waals surface area (Å²) >= 11 is 0. The number of nitrogens with one attached hydrogen (secondary N) is 3. The third-order valence-corrected chi connectivity index (χ3v) is 7.82. The van der Waals surface area contributed by atoms with Crippen molar-refractivity contribution in [1.29, 1.82) is 0 Å². The third kappa shape index (κ3) is 8.07. The molecule has 15 heteroatoms. The highest BCUT2D eigenvalue weighted by molar-refractivity contribution is 5.89. The number of fused-ring (bicyclic) bond motifs is 1. The molecule has 2 aliphatic rings. The molecule has 4 rings (SSSR count). The van der Waals surface area contributed by atoms with E-state index in [2.05, 4.69) is 16.0 Å². The molecule has 1 aliphatic carbocycles. The van der Waals surface area contributed by atoms with Crippen LogP contribution in [0.4, 0.5) is 32.4 Å². The van der Waals surface area contributed by atoms with Crippen LogP contribution in [-0.4, -0.2) is 80.0 Å². The number of carboxylic acid groups (broad SMARTS) is 1. The minimum atomic E-state index is -5.08. The molecule has 1 aliphatic heterocycles. The maximum absolute atomic E-state index is 13.5. The summed E-state index contributed by atoms with van der Waals surface area (Å²) in [6.45, 7) is 3.53. The van der Waals surface area contributed by atoms with E-state index in [-0.39, 0.29) is 35.6 Å². The van der Waals surface area contributed by atoms with Crippen molar-refractivity contribution in [1.82, 2.24) is 15.5 Å². The van der Waals surface area contributed by atoms with Gasteiger partial charge in [0.15, 0.2) is 23.1 Å². The Balaban J connectivity index is 0.000000676. The van der Waals surface area contributed by atoms with Gasteiger partial charge in [0.1, 0.15) is 0 Å². The largest absolute Gasteiger partial charge is 0.493 e. The van der Waals surface area contributed by atoms with Crippen molar-refractivity contribution in [3.8, 4) is 11.5 Å². The van der Waals surface area contributed by atoms with Crippen molar-refractivity contribution in [2.24, 2.45) is 0 Å². The number of carboxylic acids is 1. The lowest BCUT2D eigenvalue weighted by atomic mass is 9.65. The van der Waals surface area contributed by atoms with Crippen molar-refractivity contribution in [2.75, 3.05) is 39.2 Å². The van der Waals surface area contributed by atoms with E-state index >= 15 is 0 Å². The topological polar surface area (TPSA) is 129 Å². The number of likely N-dealkylation sites (N-methyl/N-ethyl adjacent to an activating group) is 1. The van der Waals surface area contributed by atoms with E-state index in [4.69, 9.17) is 19.4 Å². The van der Waals surface area contributed by atoms with Crippen LogP contribution in [0.25, 0.3) is 0 Å². The smallest absolute Gasteiger partial charge is 0.490 e. The van der Waals surface area contributed by atoms with Crippen LogP contribution in [0, 0.1) is 11.6 Å². The quantitative estimate of drug-likeness (QED) is 0.318. The number of nitrogens with zero attached hydrogens (tertiary/aromatic N) is 1. The molecule has 242 valence electrons. The Morgan fingerprint density at radius 1 is 1.02 bits per heavy atom. The van der Waals surface area contributed by atoms with E-state index in [0.29, 0.717) is 37.4 Å². The van der Waals surface area contributed by atoms with Gasteiger partial charge < -0.3 is 35.4 Å². The number of carbonyl (C=O) groups excluding carboxylic acids is 2. The van der Waals surface area contributed by atoms with Crippen LogP contribution in [0.2, 0.25) is 0 Å². The predicted octanol–water partition coefficient (Wildman–Crippen LogP) is 4.44. The predicted molar refractivity (Wildman–Crippen MR) is 150 cm³/mol. The maximum atomic E-state index is 13.5. The molecule has 4 N–H and O–H groups in total. The normalized spacial score (nSPS) is 21.0. The zero-order valence-electron chi connectivity index (χ0n) is 24.4. The number of benzene rings is 2. The lowest BCUT2D eigenvalue weighted by Gasteiger charge is -2.45. The number of hydrogen-bond donors (Lipinski definition) is 4. The SMILES string of the molecule is CCNCC(=O)N1CCC2(c3ccc(OC)c(OC)c3)CCC(NC(=O)Nc3ccc(F)c(F)c3)CC12.O=C(O)C(F)(F)F. The Hall–Kier alpha value is -4.14. The molecule has 2 aromatic carbocycles. The molecule has 3 unspecified atom stereocenters. The molecule has 3 atom stereocenters. The van der Waals surface area contributed by atoms with Gasteiger partial charge in [-0.2, -0.15) is 13.2 Å². The summed E-state index contributed by atoms with van der Waals surface area (Å²) < 4.78 is 69.5. The van der Waals surface area contributed by atoms with Gasteiger partial charge in [-0.1, -0.05) is 13.0 Å². The number of urea groups is 1. The van der Waals surface area contributed by atoms with E-state index in [1.54, 1.807) is 14.2 Å². The summed E-state index contributed by atoms with van der Waals surface area (Å²) in [5.74, 6) is -3.46. The fourth-order valence-electron chi connectivity index (χ4n) is 5.72. The first-order valence-corrected chi connectivity index (χ1v) is 13.8. The van der Waals surface area contributed by atoms with E-state index in [1.807, 2.05) is 30.0 Å². The number of ether oxygens (including phenoxy) is 2. The first-order valence-electron chi connectivity index (χ1n) is 13.8. The molecule has 0 radical (unpaired) electrons. The highest BCUT2D eigenvalue weighted by Gasteiger charge is 2.53. The molecule has 10 nitrogen and oxygen atoms in total. The summed E-state index contributed by atoms with van der Waals surface area (Å²) in [6.07, 6.45) is -2.25. The van der Waals surface area contributed by atoms with E-state index in [0.717, 1.165) is 30.5 Å². The molecular formula is C29H35F5N4O6. The van der Waals surface area contributed by atoms with E-state index < -0.39 is 29.8 Å². The van der Waals surface area contributed by atoms with Crippen molar-refractivity contribution in [3.63, 3.8) is 0 Å². The second kappa shape index (κ2) is 14.6. The Morgan fingerprint density at radius 3 is 2.30 bits per heavy atom. The van der Waals surface area contributed by atoms with Gasteiger partial charge in [-0.15, -0.1) is 0 Å². The molecule has 1 saturated carbocycles. The van der Waals surface area contributed by atoms with Crippen LogP contribution in [0.1, 0.15) is 38.2 Å². The van der Waals surface area contributed by atoms with Crippen LogP contribution in [0.5, 0.6) is 11.5 Å². The minimum Gasteiger partial charge on any atom is -0.493 e. The molecular weight excluding hydrogens is 595 g/mol. The van der Waals surface area contributed by atoms with Gasteiger partial charge in [0, 0.05) is 35.8 Å². The number of aliphatic carboxylic acids is 1. The second-order valence-corrected chi connectivity index (χ2v) is 10.4. The van der Waals surface area contributed by atoms with Crippen molar-refractivity contribution in [2.45, 2.75) is 56.3 Å². The second-order valence-electron chi connectivity index (χ2n) is 10.4. The average Bonchev–Trinajstić information content (AvgIpc) is 3.37. The third-order valence-electron chi connectivity index (χ3n) is 7.82. The number of rotatable bonds is 8. The van der Waals surface area contributed by atoms with Gasteiger partial charge >= 0.3 is 18.2 Å². The highest BCUT2D eigenvalue weighted by atomic mass is 19.4. The standard InChI is InChI=1S/C27H34F2N4O4.C2HF3O2/c1-4-30-16-25(34)33-12-11-27(17-5-8-22(36-2)23(13-17)37-3)10-9-19(15-24(27)33)32-26(35)31-18-6-7-20(28)21(29)14-18;3-2(4,5)1(6)7/h5-8,13-14,19,24,30H,4,9-12,15-16H2,1-3H3,(H2,31,32,35);(H,6,7). The fourth-order valence-corrected chi connectivity index (χ4v) is 5.72. The number of halogens is 5. The molecule has 44 heavy (non-hydrogen) atoms. The number of amides is 3. The Kier molecular flexibility index (Phi) is 11.4. The molecule has 3 amide bonds. The molecule has 1 heterocycles. The lowest BCUT2D eigenvalue weighted by Crippen LogP contribution is -2.55. The van der Waals surface area contributed by atoms with E-state index in [1.165, 1.54) is 6.07 Å². The molecule has 2 aromatic rings. The summed E-state index contributed by atoms with van der Waals surface area (Å²) in [4.78, 5) is 36.6. The zero-order chi connectivity index (χ0) is 32.7. The Morgan fingerprint density at radius 2 is 1.70 bits per heavy atom. The van der Waals surface area contributed by atoms with Gasteiger partial charge in [-0.25, -0.2) is 18.4 Å². The van der Waals surface area contributed by atoms with Gasteiger partial charge in [0.2, 0.25) is 5.91 Å². The summed E-state index contributed by atoms with van der Waals surface area (Å²) in [6, 6.07) is 8.31. The van der Waals surface area contributed by atoms with Crippen LogP contribution >= 0.6 is 0 Å². The first kappa shape index (κ1) is 34.4. The minimum absolute atomic E-state index is 0.0288. The summed E-state index contributed by atoms with van der Waals surface area (Å²) in [5.41, 5.74) is 0.963. The Bertz CT molecular complexity index is 1340. The van der Waals surface area contributed by atoms with E-state index in [9.17, 15) is 31.5 Å². The van der Waals surface area contributed by atoms with Crippen LogP contribution in [0.3, 0.4) is 0 Å². The van der Waals surface area contributed by atoms with Crippen molar-refractivity contribution >= 4 is 23.6 Å². The monoisotopic (exact) mass is 630 g/mol. The highest BCUT2D eigenvalue weighted by Crippen LogP contribution is 2.50. The molecule has 0 bridgehead atoms. The molecule has 2 fully saturated rings. The lowest BCUT2D eigenvalue weighted by molar-refractivity contribution is -0.192. The average molecular weight is 631 g/mol. The van der Waals surface area contributed by atoms with Gasteiger partial charge in [0.25, 0.3) is 0 Å². The number of carbonyl (C=O) groups is 3. The molecule has 1 saturated heterocycles. The van der Waals surface area contributed by atoms with Crippen LogP contribution in [0.15, 0.2) is 36.4 Å². The number of alkyl halides is 3. The van der Waals surface area contributed by atoms with Gasteiger partial charge in [-0.05, 0) is 62.1 Å². The zero-order valence-corrected chi connectivity index (χ0v) is 24.4. The van der Waals surface area contributed by atoms with Crippen molar-refractivity contribution < 1.29 is 50.9 Å². The first-order chi connectivity index (χ1) is 20.7. The number of anilines is 1. The van der Waals surface area contributed by atoms with Gasteiger partial charge in [-0.3, -0.25) is 4.79 Å². The van der Waals surface area contributed by atoms with Crippen LogP contribution < -0.4 is 25.4 Å².